The lowest BCUT2D eigenvalue weighted by Gasteiger charge is -2.27. The fraction of sp³-hybridized carbons (Fsp3) is 0.545. The highest BCUT2D eigenvalue weighted by Gasteiger charge is 2.51. The van der Waals surface area contributed by atoms with E-state index in [0.717, 1.165) is 0 Å². The zero-order valence-corrected chi connectivity index (χ0v) is 9.25. The van der Waals surface area contributed by atoms with E-state index in [2.05, 4.69) is 0 Å². The van der Waals surface area contributed by atoms with Gasteiger partial charge in [-0.25, -0.2) is 4.89 Å². The van der Waals surface area contributed by atoms with Gasteiger partial charge < -0.3 is 14.2 Å². The summed E-state index contributed by atoms with van der Waals surface area (Å²) in [6.45, 7) is 2.19. The summed E-state index contributed by atoms with van der Waals surface area (Å²) in [4.78, 5) is 22.0. The summed E-state index contributed by atoms with van der Waals surface area (Å²) in [6, 6.07) is 0. The molecule has 6 heteroatoms. The van der Waals surface area contributed by atoms with Crippen LogP contribution in [-0.4, -0.2) is 31.3 Å². The molecule has 1 unspecified atom stereocenters. The molecule has 6 nitrogen and oxygen atoms in total. The normalized spacial score (nSPS) is 38.1. The van der Waals surface area contributed by atoms with E-state index < -0.39 is 17.8 Å². The molecule has 4 rings (SSSR count). The van der Waals surface area contributed by atoms with Crippen molar-refractivity contribution in [1.29, 1.82) is 0 Å². The largest absolute Gasteiger partial charge is 0.466 e. The molecule has 1 spiro atoms. The van der Waals surface area contributed by atoms with E-state index in [1.807, 2.05) is 0 Å². The third kappa shape index (κ3) is 1.56. The molecule has 2 bridgehead atoms. The van der Waals surface area contributed by atoms with Crippen LogP contribution in [0.15, 0.2) is 24.0 Å². The van der Waals surface area contributed by atoms with Gasteiger partial charge in [0.1, 0.15) is 12.0 Å². The minimum Gasteiger partial charge on any atom is -0.466 e. The molecule has 1 aliphatic carbocycles. The van der Waals surface area contributed by atoms with Gasteiger partial charge in [-0.1, -0.05) is 6.08 Å². The highest BCUT2D eigenvalue weighted by atomic mass is 17.2. The van der Waals surface area contributed by atoms with E-state index >= 15 is 0 Å². The monoisotopic (exact) mass is 240 g/mol. The van der Waals surface area contributed by atoms with Gasteiger partial charge in [0.2, 0.25) is 0 Å². The van der Waals surface area contributed by atoms with Crippen LogP contribution in [0.4, 0.5) is 0 Å². The van der Waals surface area contributed by atoms with E-state index in [1.165, 1.54) is 0 Å². The molecule has 0 aromatic carbocycles. The van der Waals surface area contributed by atoms with Crippen molar-refractivity contribution >= 4 is 5.97 Å². The molecule has 4 aliphatic rings. The Morgan fingerprint density at radius 2 is 2.53 bits per heavy atom. The summed E-state index contributed by atoms with van der Waals surface area (Å²) in [7, 11) is 0. The van der Waals surface area contributed by atoms with Gasteiger partial charge in [-0.15, -0.1) is 0 Å². The number of ether oxygens (including phenoxy) is 3. The number of hydrogen-bond acceptors (Lipinski definition) is 6. The second-order valence-electron chi connectivity index (χ2n) is 3.89. The van der Waals surface area contributed by atoms with Crippen LogP contribution in [0.3, 0.4) is 0 Å². The maximum Gasteiger partial charge on any atom is 0.315 e. The lowest BCUT2D eigenvalue weighted by Crippen LogP contribution is -2.37. The number of carbonyl (C=O) groups is 1. The molecule has 0 amide bonds. The molecule has 0 aromatic heterocycles. The Hall–Kier alpha value is -1.37. The molecule has 3 heterocycles. The summed E-state index contributed by atoms with van der Waals surface area (Å²) < 4.78 is 15.6. The van der Waals surface area contributed by atoms with Crippen LogP contribution in [-0.2, 0) is 28.8 Å². The van der Waals surface area contributed by atoms with Gasteiger partial charge in [-0.2, -0.15) is 4.89 Å². The van der Waals surface area contributed by atoms with Crippen LogP contribution in [0.1, 0.15) is 6.92 Å². The SMILES string of the molecule is CCOC(=O)C1C=C[C@]23OCOC2=C[C@H]1OO3. The van der Waals surface area contributed by atoms with Gasteiger partial charge in [0, 0.05) is 0 Å². The Labute approximate surface area is 97.7 Å². The zero-order chi connectivity index (χ0) is 11.9. The minimum atomic E-state index is -1.13. The molecule has 0 N–H and O–H groups in total. The first kappa shape index (κ1) is 10.8. The van der Waals surface area contributed by atoms with Crippen molar-refractivity contribution in [2.24, 2.45) is 5.92 Å². The summed E-state index contributed by atoms with van der Waals surface area (Å²) in [5, 5.41) is 0. The van der Waals surface area contributed by atoms with Gasteiger partial charge in [-0.05, 0) is 19.1 Å². The lowest BCUT2D eigenvalue weighted by atomic mass is 10.0. The average molecular weight is 240 g/mol. The number of hydrogen-bond donors (Lipinski definition) is 0. The fourth-order valence-corrected chi connectivity index (χ4v) is 2.00. The second-order valence-corrected chi connectivity index (χ2v) is 3.89. The van der Waals surface area contributed by atoms with Gasteiger partial charge in [0.25, 0.3) is 5.79 Å². The van der Waals surface area contributed by atoms with Gasteiger partial charge in [-0.3, -0.25) is 4.79 Å². The average Bonchev–Trinajstić information content (AvgIpc) is 2.57. The minimum absolute atomic E-state index is 0.107. The lowest BCUT2D eigenvalue weighted by molar-refractivity contribution is -0.411. The molecule has 1 fully saturated rings. The number of carbonyl (C=O) groups excluding carboxylic acids is 1. The van der Waals surface area contributed by atoms with Crippen molar-refractivity contribution in [1.82, 2.24) is 0 Å². The van der Waals surface area contributed by atoms with E-state index in [9.17, 15) is 4.79 Å². The standard InChI is InChI=1S/C11H12O6/c1-2-13-10(12)7-3-4-11-9(14-6-15-11)5-8(7)16-17-11/h3-5,7-8H,2,6H2,1H3/t7?,8-,11-/m1/s1. The Kier molecular flexibility index (Phi) is 2.43. The van der Waals surface area contributed by atoms with Crippen molar-refractivity contribution in [3.05, 3.63) is 24.0 Å². The predicted molar refractivity (Wildman–Crippen MR) is 53.1 cm³/mol. The maximum atomic E-state index is 11.7. The molecule has 1 saturated heterocycles. The van der Waals surface area contributed by atoms with Crippen LogP contribution in [0.25, 0.3) is 0 Å². The topological polar surface area (TPSA) is 63.2 Å². The van der Waals surface area contributed by atoms with Crippen LogP contribution in [0.5, 0.6) is 0 Å². The number of esters is 1. The molecule has 92 valence electrons. The Balaban J connectivity index is 1.91. The van der Waals surface area contributed by atoms with Gasteiger partial charge in [0.15, 0.2) is 12.6 Å². The molecule has 3 atom stereocenters. The molecule has 17 heavy (non-hydrogen) atoms. The van der Waals surface area contributed by atoms with Crippen molar-refractivity contribution in [2.45, 2.75) is 18.8 Å². The quantitative estimate of drug-likeness (QED) is 0.401. The predicted octanol–water partition coefficient (Wildman–Crippen LogP) is 0.650. The number of fused-ring (bicyclic) bond motifs is 2. The summed E-state index contributed by atoms with van der Waals surface area (Å²) in [6.07, 6.45) is 4.45. The van der Waals surface area contributed by atoms with Crippen molar-refractivity contribution in [2.75, 3.05) is 13.4 Å². The Bertz CT molecular complexity index is 401. The van der Waals surface area contributed by atoms with Crippen molar-refractivity contribution in [3.8, 4) is 0 Å². The highest BCUT2D eigenvalue weighted by Crippen LogP contribution is 2.41. The number of rotatable bonds is 2. The van der Waals surface area contributed by atoms with Gasteiger partial charge in [0.05, 0.1) is 6.61 Å². The fourth-order valence-electron chi connectivity index (χ4n) is 2.00. The summed E-state index contributed by atoms with van der Waals surface area (Å²) >= 11 is 0. The first-order valence-electron chi connectivity index (χ1n) is 5.45. The van der Waals surface area contributed by atoms with E-state index in [1.54, 1.807) is 25.2 Å². The Morgan fingerprint density at radius 3 is 3.35 bits per heavy atom. The van der Waals surface area contributed by atoms with E-state index in [4.69, 9.17) is 24.0 Å². The van der Waals surface area contributed by atoms with Crippen molar-refractivity contribution in [3.63, 3.8) is 0 Å². The van der Waals surface area contributed by atoms with Crippen LogP contribution in [0.2, 0.25) is 0 Å². The Morgan fingerprint density at radius 1 is 1.65 bits per heavy atom. The van der Waals surface area contributed by atoms with Crippen molar-refractivity contribution < 1.29 is 28.8 Å². The molecular weight excluding hydrogens is 228 g/mol. The maximum absolute atomic E-state index is 11.7. The molecule has 0 radical (unpaired) electrons. The van der Waals surface area contributed by atoms with Crippen LogP contribution < -0.4 is 0 Å². The first-order chi connectivity index (χ1) is 8.25. The zero-order valence-electron chi connectivity index (χ0n) is 9.25. The molecular formula is C11H12O6. The highest BCUT2D eigenvalue weighted by molar-refractivity contribution is 5.76. The third-order valence-corrected chi connectivity index (χ3v) is 2.87. The summed E-state index contributed by atoms with van der Waals surface area (Å²) in [5.41, 5.74) is 0. The summed E-state index contributed by atoms with van der Waals surface area (Å²) in [5.74, 6) is -1.50. The first-order valence-corrected chi connectivity index (χ1v) is 5.45. The molecule has 3 aliphatic heterocycles. The van der Waals surface area contributed by atoms with E-state index in [0.29, 0.717) is 12.4 Å². The van der Waals surface area contributed by atoms with Crippen LogP contribution in [0, 0.1) is 5.92 Å². The molecule has 0 saturated carbocycles. The van der Waals surface area contributed by atoms with Crippen LogP contribution >= 0.6 is 0 Å². The third-order valence-electron chi connectivity index (χ3n) is 2.87. The second kappa shape index (κ2) is 3.83. The molecule has 0 aromatic rings. The van der Waals surface area contributed by atoms with Gasteiger partial charge >= 0.3 is 5.97 Å². The smallest absolute Gasteiger partial charge is 0.315 e. The van der Waals surface area contributed by atoms with E-state index in [-0.39, 0.29) is 12.8 Å².